The Balaban J connectivity index is 1.78. The third kappa shape index (κ3) is 3.45. The Morgan fingerprint density at radius 3 is 2.65 bits per heavy atom. The van der Waals surface area contributed by atoms with Gasteiger partial charge in [-0.2, -0.15) is 0 Å². The molecule has 1 heterocycles. The Bertz CT molecular complexity index is 346. The van der Waals surface area contributed by atoms with Crippen LogP contribution < -0.4 is 5.73 Å². The molecule has 17 heavy (non-hydrogen) atoms. The molecule has 2 rings (SSSR count). The highest BCUT2D eigenvalue weighted by atomic mass is 16.5. The average molecular weight is 234 g/mol. The van der Waals surface area contributed by atoms with E-state index in [0.29, 0.717) is 6.10 Å². The van der Waals surface area contributed by atoms with Gasteiger partial charge in [-0.05, 0) is 30.9 Å². The van der Waals surface area contributed by atoms with E-state index < -0.39 is 0 Å². The minimum atomic E-state index is 0.466. The number of benzene rings is 1. The first kappa shape index (κ1) is 12.4. The van der Waals surface area contributed by atoms with Crippen LogP contribution in [0.3, 0.4) is 0 Å². The fraction of sp³-hybridized carbons (Fsp3) is 0.571. The lowest BCUT2D eigenvalue weighted by Gasteiger charge is -2.31. The van der Waals surface area contributed by atoms with Crippen LogP contribution in [0, 0.1) is 0 Å². The maximum absolute atomic E-state index is 5.94. The van der Waals surface area contributed by atoms with Gasteiger partial charge in [-0.15, -0.1) is 0 Å². The highest BCUT2D eigenvalue weighted by Gasteiger charge is 2.18. The van der Waals surface area contributed by atoms with Gasteiger partial charge in [0.25, 0.3) is 0 Å². The fourth-order valence-electron chi connectivity index (χ4n) is 2.41. The van der Waals surface area contributed by atoms with E-state index in [2.05, 4.69) is 17.0 Å². The molecule has 0 radical (unpaired) electrons. The maximum Gasteiger partial charge on any atom is 0.0595 e. The summed E-state index contributed by atoms with van der Waals surface area (Å²) in [4.78, 5) is 2.50. The van der Waals surface area contributed by atoms with Crippen molar-refractivity contribution in [2.24, 2.45) is 0 Å². The zero-order valence-electron chi connectivity index (χ0n) is 10.6. The van der Waals surface area contributed by atoms with Crippen molar-refractivity contribution in [2.45, 2.75) is 25.4 Å². The number of methoxy groups -OCH3 is 1. The number of piperidine rings is 1. The largest absolute Gasteiger partial charge is 0.399 e. The normalized spacial score (nSPS) is 18.4. The van der Waals surface area contributed by atoms with Gasteiger partial charge in [-0.3, -0.25) is 0 Å². The zero-order chi connectivity index (χ0) is 12.1. The van der Waals surface area contributed by atoms with E-state index in [4.69, 9.17) is 10.5 Å². The molecule has 3 heteroatoms. The molecule has 0 amide bonds. The lowest BCUT2D eigenvalue weighted by atomic mass is 10.1. The highest BCUT2D eigenvalue weighted by molar-refractivity contribution is 5.46. The standard InChI is InChI=1S/C14H22N2O/c1-17-13-7-10-16(11-8-13)9-6-12-4-2-3-5-14(12)15/h2-5,13H,6-11,15H2,1H3. The van der Waals surface area contributed by atoms with Gasteiger partial charge in [-0.25, -0.2) is 0 Å². The molecule has 0 atom stereocenters. The van der Waals surface area contributed by atoms with Gasteiger partial charge in [-0.1, -0.05) is 18.2 Å². The van der Waals surface area contributed by atoms with Crippen LogP contribution in [-0.2, 0) is 11.2 Å². The molecule has 1 saturated heterocycles. The number of rotatable bonds is 4. The van der Waals surface area contributed by atoms with Crippen molar-refractivity contribution in [1.29, 1.82) is 0 Å². The molecule has 0 bridgehead atoms. The summed E-state index contributed by atoms with van der Waals surface area (Å²) in [7, 11) is 1.81. The summed E-state index contributed by atoms with van der Waals surface area (Å²) in [5.41, 5.74) is 8.12. The van der Waals surface area contributed by atoms with Crippen molar-refractivity contribution in [2.75, 3.05) is 32.5 Å². The average Bonchev–Trinajstić information content (AvgIpc) is 2.38. The first-order valence-corrected chi connectivity index (χ1v) is 6.38. The van der Waals surface area contributed by atoms with E-state index >= 15 is 0 Å². The number of hydrogen-bond donors (Lipinski definition) is 1. The van der Waals surface area contributed by atoms with E-state index in [9.17, 15) is 0 Å². The third-order valence-corrected chi connectivity index (χ3v) is 3.62. The van der Waals surface area contributed by atoms with E-state index in [1.807, 2.05) is 19.2 Å². The Morgan fingerprint density at radius 1 is 1.29 bits per heavy atom. The van der Waals surface area contributed by atoms with Crippen LogP contribution in [0.2, 0.25) is 0 Å². The number of hydrogen-bond acceptors (Lipinski definition) is 3. The van der Waals surface area contributed by atoms with Crippen molar-refractivity contribution >= 4 is 5.69 Å². The summed E-state index contributed by atoms with van der Waals surface area (Å²) in [6.45, 7) is 3.39. The molecule has 0 unspecified atom stereocenters. The Hall–Kier alpha value is -1.06. The molecule has 1 aromatic rings. The number of para-hydroxylation sites is 1. The molecule has 3 nitrogen and oxygen atoms in total. The van der Waals surface area contributed by atoms with Crippen LogP contribution in [0.25, 0.3) is 0 Å². The van der Waals surface area contributed by atoms with Gasteiger partial charge in [0, 0.05) is 32.4 Å². The minimum absolute atomic E-state index is 0.466. The van der Waals surface area contributed by atoms with Crippen LogP contribution >= 0.6 is 0 Å². The van der Waals surface area contributed by atoms with E-state index in [1.54, 1.807) is 0 Å². The molecule has 0 aliphatic carbocycles. The van der Waals surface area contributed by atoms with Crippen molar-refractivity contribution in [3.63, 3.8) is 0 Å². The maximum atomic E-state index is 5.94. The quantitative estimate of drug-likeness (QED) is 0.809. The Kier molecular flexibility index (Phi) is 4.40. The highest BCUT2D eigenvalue weighted by Crippen LogP contribution is 2.15. The molecular formula is C14H22N2O. The van der Waals surface area contributed by atoms with Crippen molar-refractivity contribution in [3.8, 4) is 0 Å². The predicted octanol–water partition coefficient (Wildman–Crippen LogP) is 1.92. The molecule has 1 aliphatic heterocycles. The number of ether oxygens (including phenoxy) is 1. The predicted molar refractivity (Wildman–Crippen MR) is 71.0 cm³/mol. The van der Waals surface area contributed by atoms with E-state index in [-0.39, 0.29) is 0 Å². The zero-order valence-corrected chi connectivity index (χ0v) is 10.6. The SMILES string of the molecule is COC1CCN(CCc2ccccc2N)CC1. The summed E-state index contributed by atoms with van der Waals surface area (Å²) in [5, 5.41) is 0. The second-order valence-electron chi connectivity index (χ2n) is 4.73. The Labute approximate surface area is 104 Å². The third-order valence-electron chi connectivity index (χ3n) is 3.62. The van der Waals surface area contributed by atoms with Gasteiger partial charge >= 0.3 is 0 Å². The molecule has 2 N–H and O–H groups in total. The summed E-state index contributed by atoms with van der Waals surface area (Å²) < 4.78 is 5.37. The molecule has 0 aromatic heterocycles. The first-order valence-electron chi connectivity index (χ1n) is 6.38. The molecular weight excluding hydrogens is 212 g/mol. The second kappa shape index (κ2) is 6.03. The minimum Gasteiger partial charge on any atom is -0.399 e. The van der Waals surface area contributed by atoms with Crippen LogP contribution in [0.4, 0.5) is 5.69 Å². The molecule has 94 valence electrons. The van der Waals surface area contributed by atoms with E-state index in [1.165, 1.54) is 5.56 Å². The monoisotopic (exact) mass is 234 g/mol. The molecule has 1 aliphatic rings. The molecule has 1 aromatic carbocycles. The van der Waals surface area contributed by atoms with Gasteiger partial charge in [0.15, 0.2) is 0 Å². The Morgan fingerprint density at radius 2 is 2.00 bits per heavy atom. The van der Waals surface area contributed by atoms with Crippen LogP contribution in [0.5, 0.6) is 0 Å². The second-order valence-corrected chi connectivity index (χ2v) is 4.73. The molecule has 0 spiro atoms. The number of nitrogens with zero attached hydrogens (tertiary/aromatic N) is 1. The van der Waals surface area contributed by atoms with Crippen molar-refractivity contribution in [1.82, 2.24) is 4.90 Å². The summed E-state index contributed by atoms with van der Waals surface area (Å²) >= 11 is 0. The van der Waals surface area contributed by atoms with Gasteiger partial charge in [0.2, 0.25) is 0 Å². The number of nitrogen functional groups attached to an aromatic ring is 1. The number of likely N-dealkylation sites (tertiary alicyclic amines) is 1. The fourth-order valence-corrected chi connectivity index (χ4v) is 2.41. The number of nitrogens with two attached hydrogens (primary N) is 1. The van der Waals surface area contributed by atoms with Crippen molar-refractivity contribution < 1.29 is 4.74 Å². The van der Waals surface area contributed by atoms with Crippen LogP contribution in [0.1, 0.15) is 18.4 Å². The summed E-state index contributed by atoms with van der Waals surface area (Å²) in [6.07, 6.45) is 3.82. The van der Waals surface area contributed by atoms with E-state index in [0.717, 1.165) is 44.6 Å². The van der Waals surface area contributed by atoms with Gasteiger partial charge < -0.3 is 15.4 Å². The summed E-state index contributed by atoms with van der Waals surface area (Å²) in [5.74, 6) is 0. The van der Waals surface area contributed by atoms with Crippen molar-refractivity contribution in [3.05, 3.63) is 29.8 Å². The molecule has 0 saturated carbocycles. The summed E-state index contributed by atoms with van der Waals surface area (Å²) in [6, 6.07) is 8.15. The van der Waals surface area contributed by atoms with Crippen LogP contribution in [-0.4, -0.2) is 37.7 Å². The van der Waals surface area contributed by atoms with Gasteiger partial charge in [0.05, 0.1) is 6.10 Å². The lowest BCUT2D eigenvalue weighted by molar-refractivity contribution is 0.0415. The smallest absolute Gasteiger partial charge is 0.0595 e. The molecule has 1 fully saturated rings. The first-order chi connectivity index (χ1) is 8.29. The van der Waals surface area contributed by atoms with Crippen LogP contribution in [0.15, 0.2) is 24.3 Å². The lowest BCUT2D eigenvalue weighted by Crippen LogP contribution is -2.37. The topological polar surface area (TPSA) is 38.5 Å². The number of anilines is 1. The van der Waals surface area contributed by atoms with Gasteiger partial charge in [0.1, 0.15) is 0 Å².